The van der Waals surface area contributed by atoms with E-state index in [1.54, 1.807) is 41.2 Å². The molecule has 1 aromatic heterocycles. The lowest BCUT2D eigenvalue weighted by atomic mass is 10.0. The van der Waals surface area contributed by atoms with Crippen molar-refractivity contribution in [3.8, 4) is 5.69 Å². The number of hydrogen-bond acceptors (Lipinski definition) is 3. The maximum absolute atomic E-state index is 13.1. The van der Waals surface area contributed by atoms with Gasteiger partial charge in [-0.3, -0.25) is 9.36 Å². The fourth-order valence-electron chi connectivity index (χ4n) is 2.88. The highest BCUT2D eigenvalue weighted by molar-refractivity contribution is 5.92. The molecular weight excluding hydrogens is 297 g/mol. The highest BCUT2D eigenvalue weighted by Gasteiger charge is 2.22. The third-order valence-corrected chi connectivity index (χ3v) is 4.10. The SMILES string of the molecule is CN(CC1CCCOC1)C(=O)c1cncn1-c1ccc(F)cc1. The van der Waals surface area contributed by atoms with Gasteiger partial charge in [0.15, 0.2) is 0 Å². The molecule has 2 heterocycles. The maximum atomic E-state index is 13.1. The molecule has 1 saturated heterocycles. The zero-order valence-corrected chi connectivity index (χ0v) is 13.1. The summed E-state index contributed by atoms with van der Waals surface area (Å²) >= 11 is 0. The van der Waals surface area contributed by atoms with E-state index in [-0.39, 0.29) is 11.7 Å². The molecular formula is C17H20FN3O2. The van der Waals surface area contributed by atoms with E-state index in [9.17, 15) is 9.18 Å². The van der Waals surface area contributed by atoms with Crippen molar-refractivity contribution in [3.05, 3.63) is 48.3 Å². The van der Waals surface area contributed by atoms with Crippen molar-refractivity contribution in [3.63, 3.8) is 0 Å². The molecule has 0 spiro atoms. The fourth-order valence-corrected chi connectivity index (χ4v) is 2.88. The second kappa shape index (κ2) is 6.91. The monoisotopic (exact) mass is 317 g/mol. The number of ether oxygens (including phenoxy) is 1. The van der Waals surface area contributed by atoms with Gasteiger partial charge >= 0.3 is 0 Å². The van der Waals surface area contributed by atoms with Crippen LogP contribution < -0.4 is 0 Å². The summed E-state index contributed by atoms with van der Waals surface area (Å²) in [6, 6.07) is 5.99. The van der Waals surface area contributed by atoms with Crippen LogP contribution in [0.5, 0.6) is 0 Å². The van der Waals surface area contributed by atoms with Crippen LogP contribution in [0.4, 0.5) is 4.39 Å². The minimum Gasteiger partial charge on any atom is -0.381 e. The molecule has 1 unspecified atom stereocenters. The summed E-state index contributed by atoms with van der Waals surface area (Å²) in [5, 5.41) is 0. The maximum Gasteiger partial charge on any atom is 0.272 e. The van der Waals surface area contributed by atoms with Crippen LogP contribution in [0.25, 0.3) is 5.69 Å². The van der Waals surface area contributed by atoms with Gasteiger partial charge in [-0.05, 0) is 43.0 Å². The number of carbonyl (C=O) groups is 1. The molecule has 1 fully saturated rings. The number of aromatic nitrogens is 2. The summed E-state index contributed by atoms with van der Waals surface area (Å²) < 4.78 is 20.2. The van der Waals surface area contributed by atoms with Crippen LogP contribution in [0.1, 0.15) is 23.3 Å². The van der Waals surface area contributed by atoms with Gasteiger partial charge in [0.25, 0.3) is 5.91 Å². The van der Waals surface area contributed by atoms with Crippen LogP contribution >= 0.6 is 0 Å². The van der Waals surface area contributed by atoms with Gasteiger partial charge < -0.3 is 9.64 Å². The average molecular weight is 317 g/mol. The summed E-state index contributed by atoms with van der Waals surface area (Å²) in [6.07, 6.45) is 5.23. The van der Waals surface area contributed by atoms with E-state index < -0.39 is 0 Å². The molecule has 23 heavy (non-hydrogen) atoms. The molecule has 2 aromatic rings. The Balaban J connectivity index is 1.74. The van der Waals surface area contributed by atoms with E-state index in [4.69, 9.17) is 4.74 Å². The van der Waals surface area contributed by atoms with Gasteiger partial charge in [0.05, 0.1) is 19.1 Å². The molecule has 6 heteroatoms. The van der Waals surface area contributed by atoms with Crippen molar-refractivity contribution >= 4 is 5.91 Å². The lowest BCUT2D eigenvalue weighted by Crippen LogP contribution is -2.35. The van der Waals surface area contributed by atoms with E-state index in [1.807, 2.05) is 0 Å². The normalized spacial score (nSPS) is 17.9. The first-order valence-electron chi connectivity index (χ1n) is 7.76. The Morgan fingerprint density at radius 2 is 2.22 bits per heavy atom. The van der Waals surface area contributed by atoms with E-state index in [0.29, 0.717) is 30.5 Å². The molecule has 1 aliphatic heterocycles. The Morgan fingerprint density at radius 1 is 1.43 bits per heavy atom. The molecule has 0 radical (unpaired) electrons. The highest BCUT2D eigenvalue weighted by Crippen LogP contribution is 2.17. The second-order valence-electron chi connectivity index (χ2n) is 5.89. The molecule has 1 atom stereocenters. The van der Waals surface area contributed by atoms with Gasteiger partial charge in [0.1, 0.15) is 11.5 Å². The van der Waals surface area contributed by atoms with Gasteiger partial charge in [0.2, 0.25) is 0 Å². The molecule has 0 bridgehead atoms. The molecule has 1 aliphatic rings. The van der Waals surface area contributed by atoms with Crippen molar-refractivity contribution in [2.45, 2.75) is 12.8 Å². The van der Waals surface area contributed by atoms with Gasteiger partial charge in [-0.15, -0.1) is 0 Å². The molecule has 0 N–H and O–H groups in total. The Hall–Kier alpha value is -2.21. The van der Waals surface area contributed by atoms with Crippen molar-refractivity contribution in [1.29, 1.82) is 0 Å². The van der Waals surface area contributed by atoms with Gasteiger partial charge in [-0.25, -0.2) is 9.37 Å². The van der Waals surface area contributed by atoms with E-state index >= 15 is 0 Å². The first-order valence-corrected chi connectivity index (χ1v) is 7.76. The molecule has 0 saturated carbocycles. The number of imidazole rings is 1. The number of benzene rings is 1. The van der Waals surface area contributed by atoms with Crippen molar-refractivity contribution in [2.24, 2.45) is 5.92 Å². The lowest BCUT2D eigenvalue weighted by Gasteiger charge is -2.27. The molecule has 5 nitrogen and oxygen atoms in total. The largest absolute Gasteiger partial charge is 0.381 e. The molecule has 3 rings (SSSR count). The third kappa shape index (κ3) is 3.59. The van der Waals surface area contributed by atoms with Crippen molar-refractivity contribution < 1.29 is 13.9 Å². The Labute approximate surface area is 134 Å². The van der Waals surface area contributed by atoms with Crippen molar-refractivity contribution in [1.82, 2.24) is 14.5 Å². The standard InChI is InChI=1S/C17H20FN3O2/c1-20(10-13-3-2-8-23-11-13)17(22)16-9-19-12-21(16)15-6-4-14(18)5-7-15/h4-7,9,12-13H,2-3,8,10-11H2,1H3. The number of carbonyl (C=O) groups excluding carboxylic acids is 1. The summed E-state index contributed by atoms with van der Waals surface area (Å²) in [7, 11) is 1.79. The van der Waals surface area contributed by atoms with Crippen LogP contribution in [0, 0.1) is 11.7 Å². The predicted octanol–water partition coefficient (Wildman–Crippen LogP) is 2.51. The Morgan fingerprint density at radius 3 is 2.91 bits per heavy atom. The van der Waals surface area contributed by atoms with E-state index in [0.717, 1.165) is 19.4 Å². The van der Waals surface area contributed by atoms with Gasteiger partial charge in [0, 0.05) is 25.9 Å². The summed E-state index contributed by atoms with van der Waals surface area (Å²) in [6.45, 7) is 2.17. The summed E-state index contributed by atoms with van der Waals surface area (Å²) in [5.74, 6) is -0.0338. The van der Waals surface area contributed by atoms with Crippen LogP contribution in [-0.4, -0.2) is 47.2 Å². The fraction of sp³-hybridized carbons (Fsp3) is 0.412. The number of nitrogens with zero attached hydrogens (tertiary/aromatic N) is 3. The highest BCUT2D eigenvalue weighted by atomic mass is 19.1. The third-order valence-electron chi connectivity index (χ3n) is 4.10. The second-order valence-corrected chi connectivity index (χ2v) is 5.89. The number of halogens is 1. The first-order chi connectivity index (χ1) is 11.1. The zero-order chi connectivity index (χ0) is 16.2. The Bertz CT molecular complexity index is 663. The quantitative estimate of drug-likeness (QED) is 0.870. The van der Waals surface area contributed by atoms with Crippen LogP contribution in [0.3, 0.4) is 0 Å². The molecule has 0 aliphatic carbocycles. The van der Waals surface area contributed by atoms with Crippen molar-refractivity contribution in [2.75, 3.05) is 26.8 Å². The smallest absolute Gasteiger partial charge is 0.272 e. The number of rotatable bonds is 4. The Kier molecular flexibility index (Phi) is 4.71. The van der Waals surface area contributed by atoms with E-state index in [2.05, 4.69) is 4.98 Å². The zero-order valence-electron chi connectivity index (χ0n) is 13.1. The summed E-state index contributed by atoms with van der Waals surface area (Å²) in [4.78, 5) is 18.5. The minimum absolute atomic E-state index is 0.0996. The van der Waals surface area contributed by atoms with Crippen LogP contribution in [0.15, 0.2) is 36.8 Å². The minimum atomic E-state index is -0.309. The van der Waals surface area contributed by atoms with Gasteiger partial charge in [-0.2, -0.15) is 0 Å². The lowest BCUT2D eigenvalue weighted by molar-refractivity contribution is 0.0386. The van der Waals surface area contributed by atoms with Crippen LogP contribution in [0.2, 0.25) is 0 Å². The molecule has 1 aromatic carbocycles. The molecule has 1 amide bonds. The predicted molar refractivity (Wildman–Crippen MR) is 84.0 cm³/mol. The first kappa shape index (κ1) is 15.7. The number of amides is 1. The topological polar surface area (TPSA) is 47.4 Å². The summed E-state index contributed by atoms with van der Waals surface area (Å²) in [5.41, 5.74) is 1.18. The van der Waals surface area contributed by atoms with Gasteiger partial charge in [-0.1, -0.05) is 0 Å². The van der Waals surface area contributed by atoms with Crippen LogP contribution in [-0.2, 0) is 4.74 Å². The van der Waals surface area contributed by atoms with E-state index in [1.165, 1.54) is 12.1 Å². The average Bonchev–Trinajstić information content (AvgIpc) is 3.05. The number of hydrogen-bond donors (Lipinski definition) is 0. The molecule has 122 valence electrons.